The second kappa shape index (κ2) is 6.04. The van der Waals surface area contributed by atoms with Crippen molar-refractivity contribution in [3.05, 3.63) is 22.6 Å². The van der Waals surface area contributed by atoms with Gasteiger partial charge in [-0.25, -0.2) is 0 Å². The normalized spacial score (nSPS) is 14.5. The van der Waals surface area contributed by atoms with E-state index in [0.717, 1.165) is 0 Å². The number of rotatable bonds is 6. The van der Waals surface area contributed by atoms with Gasteiger partial charge in [-0.1, -0.05) is 0 Å². The van der Waals surface area contributed by atoms with Crippen LogP contribution in [0.1, 0.15) is 0 Å². The molecular formula is C10H16FN4O5P. The first-order chi connectivity index (χ1) is 9.80. The molecule has 9 nitrogen and oxygen atoms in total. The standard InChI is InChI=1S/C10H16FN4O5P/c11-3-6(20-5-21(17,18)19)4-15-2-1-7-8(15)13-10(12)14-9(7)16/h1-2,6,17-19,21H,3-5H2,(H3,12,13,14,16). The Labute approximate surface area is 118 Å². The van der Waals surface area contributed by atoms with E-state index in [1.54, 1.807) is 0 Å². The second-order valence-corrected chi connectivity index (χ2v) is 6.36. The van der Waals surface area contributed by atoms with Crippen molar-refractivity contribution in [2.75, 3.05) is 18.8 Å². The van der Waals surface area contributed by atoms with Crippen molar-refractivity contribution in [3.63, 3.8) is 0 Å². The molecule has 2 heterocycles. The van der Waals surface area contributed by atoms with Gasteiger partial charge in [-0.15, -0.1) is 0 Å². The van der Waals surface area contributed by atoms with Crippen LogP contribution in [0, 0.1) is 0 Å². The first kappa shape index (κ1) is 15.8. The van der Waals surface area contributed by atoms with Crippen molar-refractivity contribution in [3.8, 4) is 0 Å². The number of nitrogens with two attached hydrogens (primary N) is 1. The minimum absolute atomic E-state index is 0.0274. The number of fused-ring (bicyclic) bond motifs is 1. The maximum absolute atomic E-state index is 12.9. The molecule has 0 radical (unpaired) electrons. The molecular weight excluding hydrogens is 306 g/mol. The van der Waals surface area contributed by atoms with Crippen molar-refractivity contribution in [2.45, 2.75) is 12.6 Å². The number of alkyl halides is 1. The summed E-state index contributed by atoms with van der Waals surface area (Å²) in [6, 6.07) is 1.50. The van der Waals surface area contributed by atoms with Crippen LogP contribution in [0.25, 0.3) is 11.0 Å². The van der Waals surface area contributed by atoms with Crippen molar-refractivity contribution >= 4 is 24.9 Å². The van der Waals surface area contributed by atoms with Crippen molar-refractivity contribution < 1.29 is 23.8 Å². The van der Waals surface area contributed by atoms with Crippen LogP contribution >= 0.6 is 7.94 Å². The fourth-order valence-electron chi connectivity index (χ4n) is 1.83. The van der Waals surface area contributed by atoms with Gasteiger partial charge >= 0.3 is 117 Å². The van der Waals surface area contributed by atoms with E-state index in [2.05, 4.69) is 9.97 Å². The Hall–Kier alpha value is -1.58. The van der Waals surface area contributed by atoms with Gasteiger partial charge in [0.15, 0.2) is 0 Å². The third kappa shape index (κ3) is 3.96. The fourth-order valence-corrected chi connectivity index (χ4v) is 2.29. The first-order valence-electron chi connectivity index (χ1n) is 5.99. The van der Waals surface area contributed by atoms with E-state index in [-0.39, 0.29) is 23.5 Å². The van der Waals surface area contributed by atoms with Gasteiger partial charge < -0.3 is 0 Å². The van der Waals surface area contributed by atoms with Gasteiger partial charge in [0.2, 0.25) is 0 Å². The van der Waals surface area contributed by atoms with E-state index in [9.17, 15) is 9.18 Å². The van der Waals surface area contributed by atoms with Gasteiger partial charge in [-0.05, 0) is 0 Å². The number of ether oxygens (including phenoxy) is 1. The molecule has 2 aromatic rings. The molecule has 2 aromatic heterocycles. The van der Waals surface area contributed by atoms with E-state index in [4.69, 9.17) is 25.2 Å². The quantitative estimate of drug-likeness (QED) is 0.433. The van der Waals surface area contributed by atoms with Crippen LogP contribution in [0.5, 0.6) is 0 Å². The zero-order chi connectivity index (χ0) is 15.6. The SMILES string of the molecule is Nc1nc2c(ccn2CC(CF)OC[PH](O)(O)O)c(=O)[nH]1. The predicted molar refractivity (Wildman–Crippen MR) is 75.5 cm³/mol. The third-order valence-electron chi connectivity index (χ3n) is 2.73. The van der Waals surface area contributed by atoms with Crippen LogP contribution in [0.4, 0.5) is 10.3 Å². The van der Waals surface area contributed by atoms with E-state index >= 15 is 0 Å². The van der Waals surface area contributed by atoms with Gasteiger partial charge in [-0.3, -0.25) is 0 Å². The maximum atomic E-state index is 12.9. The number of halogens is 1. The van der Waals surface area contributed by atoms with E-state index < -0.39 is 32.6 Å². The van der Waals surface area contributed by atoms with Gasteiger partial charge in [-0.2, -0.15) is 0 Å². The van der Waals surface area contributed by atoms with Crippen LogP contribution in [0.2, 0.25) is 0 Å². The zero-order valence-corrected chi connectivity index (χ0v) is 11.9. The molecule has 0 spiro atoms. The number of anilines is 1. The summed E-state index contributed by atoms with van der Waals surface area (Å²) in [6.45, 7) is -0.941. The Morgan fingerprint density at radius 3 is 2.86 bits per heavy atom. The number of aromatic nitrogens is 3. The monoisotopic (exact) mass is 322 g/mol. The van der Waals surface area contributed by atoms with Crippen molar-refractivity contribution in [1.29, 1.82) is 0 Å². The number of nitrogens with one attached hydrogen (secondary N) is 1. The Balaban J connectivity index is 2.20. The average Bonchev–Trinajstić information content (AvgIpc) is 2.76. The predicted octanol–water partition coefficient (Wildman–Crippen LogP) is -0.909. The van der Waals surface area contributed by atoms with Gasteiger partial charge in [0.25, 0.3) is 0 Å². The van der Waals surface area contributed by atoms with Gasteiger partial charge in [0.05, 0.1) is 0 Å². The molecule has 0 bridgehead atoms. The van der Waals surface area contributed by atoms with Crippen molar-refractivity contribution in [1.82, 2.24) is 14.5 Å². The second-order valence-electron chi connectivity index (χ2n) is 4.52. The van der Waals surface area contributed by atoms with Crippen LogP contribution in [0.3, 0.4) is 0 Å². The Bertz CT molecular complexity index is 682. The molecule has 0 aliphatic rings. The summed E-state index contributed by atoms with van der Waals surface area (Å²) < 4.78 is 19.3. The van der Waals surface area contributed by atoms with Crippen molar-refractivity contribution in [2.24, 2.45) is 0 Å². The van der Waals surface area contributed by atoms with E-state index in [1.165, 1.54) is 16.8 Å². The Morgan fingerprint density at radius 2 is 2.24 bits per heavy atom. The fraction of sp³-hybridized carbons (Fsp3) is 0.400. The molecule has 2 rings (SSSR count). The summed E-state index contributed by atoms with van der Waals surface area (Å²) in [4.78, 5) is 44.5. The molecule has 0 amide bonds. The zero-order valence-electron chi connectivity index (χ0n) is 10.9. The molecule has 0 aliphatic carbocycles. The molecule has 0 aromatic carbocycles. The first-order valence-corrected chi connectivity index (χ1v) is 8.04. The van der Waals surface area contributed by atoms with Crippen LogP contribution in [0.15, 0.2) is 17.1 Å². The molecule has 0 aliphatic heterocycles. The summed E-state index contributed by atoms with van der Waals surface area (Å²) in [7, 11) is -4.40. The molecule has 0 saturated heterocycles. The summed E-state index contributed by atoms with van der Waals surface area (Å²) >= 11 is 0. The molecule has 0 saturated carbocycles. The third-order valence-corrected chi connectivity index (χ3v) is 3.29. The summed E-state index contributed by atoms with van der Waals surface area (Å²) in [6.07, 6.45) is -0.252. The number of nitrogens with zero attached hydrogens (tertiary/aromatic N) is 2. The molecule has 1 atom stereocenters. The number of hydrogen-bond acceptors (Lipinski definition) is 7. The molecule has 6 N–H and O–H groups in total. The number of nitrogen functional groups attached to an aromatic ring is 1. The number of aromatic amines is 1. The molecule has 0 fully saturated rings. The average molecular weight is 322 g/mol. The summed E-state index contributed by atoms with van der Waals surface area (Å²) in [5.74, 6) is -0.0716. The number of hydrogen-bond donors (Lipinski definition) is 5. The van der Waals surface area contributed by atoms with Crippen LogP contribution in [-0.2, 0) is 11.3 Å². The molecule has 11 heteroatoms. The molecule has 118 valence electrons. The summed E-state index contributed by atoms with van der Waals surface area (Å²) in [5, 5.41) is 0.289. The molecule has 21 heavy (non-hydrogen) atoms. The Morgan fingerprint density at radius 1 is 1.52 bits per heavy atom. The topological polar surface area (TPSA) is 147 Å². The van der Waals surface area contributed by atoms with E-state index in [0.29, 0.717) is 0 Å². The minimum atomic E-state index is -4.40. The van der Waals surface area contributed by atoms with Gasteiger partial charge in [0, 0.05) is 0 Å². The van der Waals surface area contributed by atoms with Crippen LogP contribution in [-0.4, -0.2) is 48.3 Å². The number of H-pyrrole nitrogens is 1. The molecule has 1 unspecified atom stereocenters. The van der Waals surface area contributed by atoms with E-state index in [1.807, 2.05) is 0 Å². The van der Waals surface area contributed by atoms with Gasteiger partial charge in [0.1, 0.15) is 0 Å². The Kier molecular flexibility index (Phi) is 4.55. The summed E-state index contributed by atoms with van der Waals surface area (Å²) in [5.41, 5.74) is 5.30. The van der Waals surface area contributed by atoms with Crippen LogP contribution < -0.4 is 11.3 Å².